The van der Waals surface area contributed by atoms with Crippen LogP contribution in [-0.4, -0.2) is 25.2 Å². The molecule has 6 nitrogen and oxygen atoms in total. The van der Waals surface area contributed by atoms with Gasteiger partial charge in [0.05, 0.1) is 25.6 Å². The van der Waals surface area contributed by atoms with E-state index in [9.17, 15) is 4.79 Å². The summed E-state index contributed by atoms with van der Waals surface area (Å²) in [5, 5.41) is 5.70. The van der Waals surface area contributed by atoms with Crippen molar-refractivity contribution in [2.24, 2.45) is 5.73 Å². The van der Waals surface area contributed by atoms with E-state index >= 15 is 0 Å². The van der Waals surface area contributed by atoms with Crippen LogP contribution < -0.4 is 25.8 Å². The molecule has 0 aliphatic heterocycles. The third-order valence-corrected chi connectivity index (χ3v) is 3.17. The van der Waals surface area contributed by atoms with Gasteiger partial charge in [-0.05, 0) is 24.4 Å². The zero-order valence-electron chi connectivity index (χ0n) is 12.8. The molecule has 0 atom stereocenters. The second-order valence-electron chi connectivity index (χ2n) is 4.56. The fraction of sp³-hybridized carbons (Fsp3) is 0.125. The Morgan fingerprint density at radius 2 is 1.52 bits per heavy atom. The molecule has 0 unspecified atom stereocenters. The smallest absolute Gasteiger partial charge is 0.255 e. The molecule has 0 saturated heterocycles. The van der Waals surface area contributed by atoms with E-state index in [-0.39, 0.29) is 11.0 Å². The van der Waals surface area contributed by atoms with Gasteiger partial charge in [0.15, 0.2) is 5.11 Å². The number of ether oxygens (including phenoxy) is 2. The van der Waals surface area contributed by atoms with Gasteiger partial charge in [-0.25, -0.2) is 0 Å². The van der Waals surface area contributed by atoms with Crippen LogP contribution in [0.4, 0.5) is 11.4 Å². The van der Waals surface area contributed by atoms with Gasteiger partial charge in [0, 0.05) is 17.7 Å². The fourth-order valence-electron chi connectivity index (χ4n) is 2.01. The van der Waals surface area contributed by atoms with E-state index in [2.05, 4.69) is 10.6 Å². The van der Waals surface area contributed by atoms with Crippen LogP contribution >= 0.6 is 12.2 Å². The van der Waals surface area contributed by atoms with Crippen molar-refractivity contribution < 1.29 is 14.3 Å². The van der Waals surface area contributed by atoms with Gasteiger partial charge in [-0.1, -0.05) is 18.2 Å². The summed E-state index contributed by atoms with van der Waals surface area (Å²) < 4.78 is 10.6. The van der Waals surface area contributed by atoms with Crippen molar-refractivity contribution in [1.82, 2.24) is 0 Å². The fourth-order valence-corrected chi connectivity index (χ4v) is 2.12. The largest absolute Gasteiger partial charge is 0.494 e. The molecule has 0 spiro atoms. The highest BCUT2D eigenvalue weighted by atomic mass is 32.1. The van der Waals surface area contributed by atoms with Crippen LogP contribution in [0, 0.1) is 0 Å². The van der Waals surface area contributed by atoms with E-state index in [1.165, 1.54) is 14.2 Å². The summed E-state index contributed by atoms with van der Waals surface area (Å²) in [5.74, 6) is 0.678. The predicted molar refractivity (Wildman–Crippen MR) is 94.3 cm³/mol. The minimum atomic E-state index is -0.249. The third-order valence-electron chi connectivity index (χ3n) is 3.06. The standard InChI is InChI=1S/C16H17N3O3S/c1-21-13-9-12(19-16(17)23)14(22-2)8-11(13)18-15(20)10-6-4-3-5-7-10/h3-9H,1-2H3,(H,18,20)(H3,17,19,23). The summed E-state index contributed by atoms with van der Waals surface area (Å²) in [5.41, 5.74) is 7.06. The monoisotopic (exact) mass is 331 g/mol. The Morgan fingerprint density at radius 3 is 2.00 bits per heavy atom. The summed E-state index contributed by atoms with van der Waals surface area (Å²) in [6.45, 7) is 0. The summed E-state index contributed by atoms with van der Waals surface area (Å²) in [7, 11) is 3.01. The number of methoxy groups -OCH3 is 2. The van der Waals surface area contributed by atoms with Gasteiger partial charge in [0.2, 0.25) is 0 Å². The summed E-state index contributed by atoms with van der Waals surface area (Å²) in [6, 6.07) is 12.2. The van der Waals surface area contributed by atoms with Crippen LogP contribution in [0.2, 0.25) is 0 Å². The molecule has 2 aromatic carbocycles. The minimum Gasteiger partial charge on any atom is -0.494 e. The number of hydrogen-bond acceptors (Lipinski definition) is 4. The predicted octanol–water partition coefficient (Wildman–Crippen LogP) is 2.61. The zero-order valence-corrected chi connectivity index (χ0v) is 13.6. The summed E-state index contributed by atoms with van der Waals surface area (Å²) in [6.07, 6.45) is 0. The summed E-state index contributed by atoms with van der Waals surface area (Å²) >= 11 is 4.83. The molecule has 0 fully saturated rings. The van der Waals surface area contributed by atoms with Crippen LogP contribution in [0.3, 0.4) is 0 Å². The van der Waals surface area contributed by atoms with E-state index in [1.54, 1.807) is 36.4 Å². The van der Waals surface area contributed by atoms with Gasteiger partial charge < -0.3 is 25.8 Å². The molecule has 23 heavy (non-hydrogen) atoms. The lowest BCUT2D eigenvalue weighted by Gasteiger charge is -2.16. The second kappa shape index (κ2) is 7.46. The Morgan fingerprint density at radius 1 is 1.00 bits per heavy atom. The van der Waals surface area contributed by atoms with Crippen molar-refractivity contribution in [3.05, 3.63) is 48.0 Å². The molecule has 2 aromatic rings. The Bertz CT molecular complexity index is 720. The lowest BCUT2D eigenvalue weighted by Crippen LogP contribution is -2.19. The van der Waals surface area contributed by atoms with E-state index in [0.29, 0.717) is 28.4 Å². The van der Waals surface area contributed by atoms with Crippen LogP contribution in [0.15, 0.2) is 42.5 Å². The van der Waals surface area contributed by atoms with Gasteiger partial charge in [0.1, 0.15) is 11.5 Å². The molecular formula is C16H17N3O3S. The van der Waals surface area contributed by atoms with Gasteiger partial charge >= 0.3 is 0 Å². The van der Waals surface area contributed by atoms with Gasteiger partial charge in [-0.2, -0.15) is 0 Å². The lowest BCUT2D eigenvalue weighted by molar-refractivity contribution is 0.102. The number of rotatable bonds is 5. The SMILES string of the molecule is COc1cc(NC(N)=S)c(OC)cc1NC(=O)c1ccccc1. The first-order valence-corrected chi connectivity index (χ1v) is 7.15. The van der Waals surface area contributed by atoms with Crippen molar-refractivity contribution in [3.8, 4) is 11.5 Å². The van der Waals surface area contributed by atoms with Crippen molar-refractivity contribution in [1.29, 1.82) is 0 Å². The molecule has 0 bridgehead atoms. The van der Waals surface area contributed by atoms with E-state index in [4.69, 9.17) is 27.4 Å². The van der Waals surface area contributed by atoms with Gasteiger partial charge in [-0.3, -0.25) is 4.79 Å². The number of carbonyl (C=O) groups is 1. The molecule has 2 rings (SSSR count). The quantitative estimate of drug-likeness (QED) is 0.730. The number of benzene rings is 2. The molecule has 0 heterocycles. The Kier molecular flexibility index (Phi) is 5.37. The topological polar surface area (TPSA) is 85.6 Å². The van der Waals surface area contributed by atoms with Crippen LogP contribution in [0.1, 0.15) is 10.4 Å². The molecule has 7 heteroatoms. The molecular weight excluding hydrogens is 314 g/mol. The van der Waals surface area contributed by atoms with Crippen molar-refractivity contribution in [2.75, 3.05) is 24.9 Å². The van der Waals surface area contributed by atoms with E-state index < -0.39 is 0 Å². The molecule has 4 N–H and O–H groups in total. The summed E-state index contributed by atoms with van der Waals surface area (Å²) in [4.78, 5) is 12.3. The lowest BCUT2D eigenvalue weighted by atomic mass is 10.2. The maximum Gasteiger partial charge on any atom is 0.255 e. The first kappa shape index (κ1) is 16.6. The molecule has 0 aliphatic carbocycles. The Balaban J connectivity index is 2.34. The Hall–Kier alpha value is -2.80. The molecule has 120 valence electrons. The Labute approximate surface area is 139 Å². The second-order valence-corrected chi connectivity index (χ2v) is 5.00. The highest BCUT2D eigenvalue weighted by Gasteiger charge is 2.14. The first-order chi connectivity index (χ1) is 11.0. The normalized spacial score (nSPS) is 9.83. The zero-order chi connectivity index (χ0) is 16.8. The van der Waals surface area contributed by atoms with Crippen molar-refractivity contribution >= 4 is 34.6 Å². The average Bonchev–Trinajstić information content (AvgIpc) is 2.56. The molecule has 1 amide bonds. The van der Waals surface area contributed by atoms with Crippen molar-refractivity contribution in [3.63, 3.8) is 0 Å². The minimum absolute atomic E-state index is 0.103. The van der Waals surface area contributed by atoms with Crippen LogP contribution in [0.25, 0.3) is 0 Å². The molecule has 0 aliphatic rings. The molecule has 0 radical (unpaired) electrons. The third kappa shape index (κ3) is 4.10. The van der Waals surface area contributed by atoms with Gasteiger partial charge in [-0.15, -0.1) is 0 Å². The number of anilines is 2. The number of thiocarbonyl (C=S) groups is 1. The maximum atomic E-state index is 12.3. The van der Waals surface area contributed by atoms with Gasteiger partial charge in [0.25, 0.3) is 5.91 Å². The van der Waals surface area contributed by atoms with E-state index in [1.807, 2.05) is 6.07 Å². The number of nitrogens with one attached hydrogen (secondary N) is 2. The van der Waals surface area contributed by atoms with Crippen molar-refractivity contribution in [2.45, 2.75) is 0 Å². The van der Waals surface area contributed by atoms with E-state index in [0.717, 1.165) is 0 Å². The first-order valence-electron chi connectivity index (χ1n) is 6.74. The number of amides is 1. The number of hydrogen-bond donors (Lipinski definition) is 3. The van der Waals surface area contributed by atoms with Crippen LogP contribution in [-0.2, 0) is 0 Å². The average molecular weight is 331 g/mol. The van der Waals surface area contributed by atoms with Crippen LogP contribution in [0.5, 0.6) is 11.5 Å². The molecule has 0 saturated carbocycles. The maximum absolute atomic E-state index is 12.3. The highest BCUT2D eigenvalue weighted by Crippen LogP contribution is 2.36. The molecule has 0 aromatic heterocycles. The number of carbonyl (C=O) groups excluding carboxylic acids is 1. The highest BCUT2D eigenvalue weighted by molar-refractivity contribution is 7.80. The number of nitrogens with two attached hydrogens (primary N) is 1.